The predicted octanol–water partition coefficient (Wildman–Crippen LogP) is 3.25. The topological polar surface area (TPSA) is 166 Å². The van der Waals surface area contributed by atoms with Crippen molar-refractivity contribution in [3.05, 3.63) is 42.1 Å². The van der Waals surface area contributed by atoms with E-state index in [0.717, 1.165) is 0 Å². The summed E-state index contributed by atoms with van der Waals surface area (Å²) in [7, 11) is 0. The summed E-state index contributed by atoms with van der Waals surface area (Å²) in [6.07, 6.45) is 4.93. The van der Waals surface area contributed by atoms with Gasteiger partial charge in [0.05, 0.1) is 0 Å². The van der Waals surface area contributed by atoms with E-state index < -0.39 is 0 Å². The maximum absolute atomic E-state index is 8.03. The minimum absolute atomic E-state index is 0. The van der Waals surface area contributed by atoms with Crippen molar-refractivity contribution in [2.45, 2.75) is 34.6 Å². The summed E-state index contributed by atoms with van der Waals surface area (Å²) in [5, 5.41) is 50.8. The first-order valence-corrected chi connectivity index (χ1v) is 7.13. The first-order valence-electron chi connectivity index (χ1n) is 7.13. The molecule has 27 heavy (non-hydrogen) atoms. The Balaban J connectivity index is -0.000000133. The Hall–Kier alpha value is -3.01. The van der Waals surface area contributed by atoms with Crippen LogP contribution in [-0.4, -0.2) is 54.5 Å². The molecule has 0 amide bonds. The van der Waals surface area contributed by atoms with E-state index in [1.807, 2.05) is 18.2 Å². The van der Waals surface area contributed by atoms with Gasteiger partial charge < -0.3 is 26.2 Å². The van der Waals surface area contributed by atoms with Gasteiger partial charge in [0.2, 0.25) is 0 Å². The first kappa shape index (κ1) is 31.7. The van der Waals surface area contributed by atoms with E-state index in [-0.39, 0.29) is 16.8 Å². The van der Waals surface area contributed by atoms with Gasteiger partial charge in [0.25, 0.3) is 0 Å². The Labute approximate surface area is 169 Å². The molecular weight excluding hydrogens is 399 g/mol. The molecule has 1 radical (unpaired) electrons. The van der Waals surface area contributed by atoms with Crippen LogP contribution < -0.4 is 0 Å². The second kappa shape index (κ2) is 25.2. The third kappa shape index (κ3) is 25.3. The van der Waals surface area contributed by atoms with E-state index in [1.165, 1.54) is 33.8 Å². The molecule has 11 heteroatoms. The molecule has 0 aromatic carbocycles. The smallest absolute Gasteiger partial charge is 0.101 e. The molecule has 0 spiro atoms. The summed E-state index contributed by atoms with van der Waals surface area (Å²) in [5.41, 5.74) is 1.25. The van der Waals surface area contributed by atoms with Crippen LogP contribution in [-0.2, 0) is 16.8 Å². The number of rotatable bonds is 2. The van der Waals surface area contributed by atoms with Crippen LogP contribution in [0.15, 0.2) is 57.3 Å². The molecule has 1 aromatic rings. The van der Waals surface area contributed by atoms with Crippen LogP contribution in [0, 0.1) is 0 Å². The van der Waals surface area contributed by atoms with E-state index in [9.17, 15) is 0 Å². The largest absolute Gasteiger partial charge is 0.764 e. The predicted molar refractivity (Wildman–Crippen MR) is 102 cm³/mol. The Morgan fingerprint density at radius 1 is 0.778 bits per heavy atom. The van der Waals surface area contributed by atoms with Crippen molar-refractivity contribution in [1.29, 1.82) is 0 Å². The molecule has 1 heterocycles. The van der Waals surface area contributed by atoms with E-state index in [1.54, 1.807) is 25.2 Å². The third-order valence-corrected chi connectivity index (χ3v) is 2.34. The standard InChI is InChI=1S/C5H5N.2C4H8N2O2.C3H4N.Co/c1-2-4-6-5-3-1;2*1-3(5-7)4(2)6-8;1-2-3-4;/h1-5H;2*7-8H,1-2H3;2H,1H3;/q;;;-1;/b;2*5-3+,6-4+;;. The molecule has 153 valence electrons. The number of hydrogen-bond acceptors (Lipinski definition) is 9. The van der Waals surface area contributed by atoms with Crippen LogP contribution >= 0.6 is 0 Å². The molecule has 0 saturated carbocycles. The second-order valence-corrected chi connectivity index (χ2v) is 4.18. The number of pyridine rings is 1. The third-order valence-electron chi connectivity index (χ3n) is 2.34. The number of oxime groups is 4. The summed E-state index contributed by atoms with van der Waals surface area (Å²) < 4.78 is 0. The van der Waals surface area contributed by atoms with Gasteiger partial charge >= 0.3 is 0 Å². The van der Waals surface area contributed by atoms with E-state index in [2.05, 4.69) is 25.6 Å². The van der Waals surface area contributed by atoms with E-state index >= 15 is 0 Å². The van der Waals surface area contributed by atoms with Gasteiger partial charge in [-0.3, -0.25) is 10.9 Å². The quantitative estimate of drug-likeness (QED) is 0.324. The molecule has 0 aliphatic heterocycles. The monoisotopic (exact) mass is 424 g/mol. The van der Waals surface area contributed by atoms with Crippen LogP contribution in [0.3, 0.4) is 0 Å². The van der Waals surface area contributed by atoms with Crippen LogP contribution in [0.2, 0.25) is 0 Å². The number of nitrogens with zero attached hydrogens (tertiary/aromatic N) is 6. The fourth-order valence-corrected chi connectivity index (χ4v) is 0.602. The molecular formula is C16H25CoN6O4-. The summed E-state index contributed by atoms with van der Waals surface area (Å²) >= 11 is 0. The van der Waals surface area contributed by atoms with Crippen molar-refractivity contribution in [3.8, 4) is 0 Å². The molecule has 4 N–H and O–H groups in total. The van der Waals surface area contributed by atoms with Crippen molar-refractivity contribution in [3.63, 3.8) is 0 Å². The average molecular weight is 424 g/mol. The van der Waals surface area contributed by atoms with Gasteiger partial charge in [0.1, 0.15) is 22.8 Å². The Morgan fingerprint density at radius 2 is 1.04 bits per heavy atom. The Kier molecular flexibility index (Phi) is 29.6. The van der Waals surface area contributed by atoms with E-state index in [0.29, 0.717) is 22.8 Å². The average Bonchev–Trinajstić information content (AvgIpc) is 2.73. The van der Waals surface area contributed by atoms with Crippen molar-refractivity contribution in [2.24, 2.45) is 20.6 Å². The number of hydrogen-bond donors (Lipinski definition) is 4. The van der Waals surface area contributed by atoms with Crippen molar-refractivity contribution in [1.82, 2.24) is 4.98 Å². The molecule has 0 aliphatic carbocycles. The SMILES string of the molecule is CC(=N\O)/C(C)=N/O.CC(=N\O)/C(C)=N/O.CC=C=[N-].[Co].c1ccncc1. The zero-order valence-corrected chi connectivity index (χ0v) is 16.8. The molecule has 0 saturated heterocycles. The Bertz CT molecular complexity index is 536. The summed E-state index contributed by atoms with van der Waals surface area (Å²) in [4.78, 5) is 3.78. The number of aromatic nitrogens is 1. The van der Waals surface area contributed by atoms with Gasteiger partial charge in [0.15, 0.2) is 0 Å². The molecule has 0 fully saturated rings. The van der Waals surface area contributed by atoms with Crippen molar-refractivity contribution >= 4 is 28.7 Å². The fourth-order valence-electron chi connectivity index (χ4n) is 0.602. The minimum atomic E-state index is 0. The summed E-state index contributed by atoms with van der Waals surface area (Å²) in [6, 6.07) is 5.72. The maximum atomic E-state index is 8.03. The molecule has 0 aliphatic rings. The second-order valence-electron chi connectivity index (χ2n) is 4.18. The van der Waals surface area contributed by atoms with Crippen molar-refractivity contribution in [2.75, 3.05) is 0 Å². The molecule has 10 nitrogen and oxygen atoms in total. The molecule has 0 bridgehead atoms. The van der Waals surface area contributed by atoms with Crippen LogP contribution in [0.5, 0.6) is 0 Å². The van der Waals surface area contributed by atoms with Gasteiger partial charge in [-0.05, 0) is 46.8 Å². The molecule has 1 rings (SSSR count). The zero-order valence-electron chi connectivity index (χ0n) is 15.8. The summed E-state index contributed by atoms with van der Waals surface area (Å²) in [5.74, 6) is 1.81. The van der Waals surface area contributed by atoms with Crippen LogP contribution in [0.1, 0.15) is 34.6 Å². The summed E-state index contributed by atoms with van der Waals surface area (Å²) in [6.45, 7) is 7.84. The van der Waals surface area contributed by atoms with Gasteiger partial charge in [-0.25, -0.2) is 0 Å². The molecule has 0 unspecified atom stereocenters. The van der Waals surface area contributed by atoms with Gasteiger partial charge in [-0.2, -0.15) is 0 Å². The van der Waals surface area contributed by atoms with Gasteiger partial charge in [0, 0.05) is 29.2 Å². The fraction of sp³-hybridized carbons (Fsp3) is 0.312. The van der Waals surface area contributed by atoms with Crippen LogP contribution in [0.25, 0.3) is 5.41 Å². The Morgan fingerprint density at radius 3 is 1.11 bits per heavy atom. The van der Waals surface area contributed by atoms with Gasteiger partial charge in [-0.1, -0.05) is 32.8 Å². The zero-order chi connectivity index (χ0) is 20.8. The molecule has 1 aromatic heterocycles. The first-order chi connectivity index (χ1) is 12.4. The van der Waals surface area contributed by atoms with Crippen LogP contribution in [0.4, 0.5) is 0 Å². The minimum Gasteiger partial charge on any atom is -0.764 e. The maximum Gasteiger partial charge on any atom is 0.101 e. The molecule has 0 atom stereocenters. The normalized spacial score (nSPS) is 10.9. The van der Waals surface area contributed by atoms with E-state index in [4.69, 9.17) is 26.2 Å². The number of allylic oxidation sites excluding steroid dienone is 1. The van der Waals surface area contributed by atoms with Gasteiger partial charge in [-0.15, -0.1) is 0 Å². The van der Waals surface area contributed by atoms with Crippen molar-refractivity contribution < 1.29 is 37.6 Å².